The normalized spacial score (nSPS) is 18.9. The van der Waals surface area contributed by atoms with Crippen LogP contribution >= 0.6 is 11.8 Å². The number of carbonyl (C=O) groups excluding carboxylic acids is 1. The molecule has 0 aromatic heterocycles. The molecule has 1 saturated heterocycles. The highest BCUT2D eigenvalue weighted by atomic mass is 32.2. The highest BCUT2D eigenvalue weighted by Crippen LogP contribution is 2.19. The quantitative estimate of drug-likeness (QED) is 0.751. The highest BCUT2D eigenvalue weighted by molar-refractivity contribution is 8.00. The molecule has 0 amide bonds. The number of hydrogen-bond donors (Lipinski definition) is 1. The lowest BCUT2D eigenvalue weighted by Crippen LogP contribution is -2.00. The molecular formula is C11H11NOS. The van der Waals surface area contributed by atoms with Crippen LogP contribution in [0.5, 0.6) is 0 Å². The molecule has 72 valence electrons. The van der Waals surface area contributed by atoms with Gasteiger partial charge in [0.2, 0.25) is 0 Å². The Hall–Kier alpha value is -1.22. The number of Topliss-reactive ketones (excluding diaryl/α,β-unsaturated/α-hetero) is 1. The Bertz CT molecular complexity index is 359. The van der Waals surface area contributed by atoms with Gasteiger partial charge in [-0.1, -0.05) is 18.2 Å². The van der Waals surface area contributed by atoms with Crippen molar-refractivity contribution in [3.63, 3.8) is 0 Å². The van der Waals surface area contributed by atoms with Crippen LogP contribution in [0.2, 0.25) is 0 Å². The topological polar surface area (TPSA) is 29.1 Å². The number of ketones is 1. The Morgan fingerprint density at radius 2 is 2.00 bits per heavy atom. The summed E-state index contributed by atoms with van der Waals surface area (Å²) in [4.78, 5) is 11.3. The van der Waals surface area contributed by atoms with Gasteiger partial charge < -0.3 is 5.32 Å². The Balaban J connectivity index is 2.03. The molecule has 0 atom stereocenters. The summed E-state index contributed by atoms with van der Waals surface area (Å²) in [6.45, 7) is 0. The number of benzene rings is 1. The van der Waals surface area contributed by atoms with Crippen LogP contribution in [-0.4, -0.2) is 17.3 Å². The first-order chi connectivity index (χ1) is 6.86. The maximum Gasteiger partial charge on any atom is 0.171 e. The second-order valence-electron chi connectivity index (χ2n) is 3.10. The maximum absolute atomic E-state index is 11.3. The van der Waals surface area contributed by atoms with Crippen LogP contribution in [0.15, 0.2) is 42.1 Å². The van der Waals surface area contributed by atoms with E-state index in [0.29, 0.717) is 5.75 Å². The Labute approximate surface area is 87.4 Å². The van der Waals surface area contributed by atoms with Crippen molar-refractivity contribution >= 4 is 23.2 Å². The lowest BCUT2D eigenvalue weighted by Gasteiger charge is -2.00. The number of para-hydroxylation sites is 1. The van der Waals surface area contributed by atoms with Gasteiger partial charge >= 0.3 is 0 Å². The van der Waals surface area contributed by atoms with E-state index in [2.05, 4.69) is 5.32 Å². The van der Waals surface area contributed by atoms with Gasteiger partial charge in [0.25, 0.3) is 0 Å². The molecule has 0 bridgehead atoms. The molecule has 2 rings (SSSR count). The summed E-state index contributed by atoms with van der Waals surface area (Å²) < 4.78 is 0. The lowest BCUT2D eigenvalue weighted by molar-refractivity contribution is -0.112. The Morgan fingerprint density at radius 3 is 2.64 bits per heavy atom. The fourth-order valence-electron chi connectivity index (χ4n) is 1.25. The third-order valence-electron chi connectivity index (χ3n) is 2.04. The van der Waals surface area contributed by atoms with Crippen molar-refractivity contribution in [3.05, 3.63) is 42.1 Å². The minimum atomic E-state index is 0.249. The Morgan fingerprint density at radius 1 is 1.21 bits per heavy atom. The van der Waals surface area contributed by atoms with Crippen LogP contribution in [0.4, 0.5) is 5.69 Å². The van der Waals surface area contributed by atoms with E-state index in [-0.39, 0.29) is 5.78 Å². The molecule has 14 heavy (non-hydrogen) atoms. The van der Waals surface area contributed by atoms with Crippen molar-refractivity contribution in [1.82, 2.24) is 0 Å². The largest absolute Gasteiger partial charge is 0.361 e. The van der Waals surface area contributed by atoms with Crippen LogP contribution in [-0.2, 0) is 4.79 Å². The molecule has 0 aliphatic carbocycles. The Kier molecular flexibility index (Phi) is 2.89. The molecule has 1 aliphatic heterocycles. The molecule has 0 saturated carbocycles. The molecule has 3 heteroatoms. The predicted octanol–water partition coefficient (Wildman–Crippen LogP) is 2.30. The van der Waals surface area contributed by atoms with E-state index in [1.54, 1.807) is 11.8 Å². The average Bonchev–Trinajstić information content (AvgIpc) is 2.63. The van der Waals surface area contributed by atoms with E-state index in [1.165, 1.54) is 0 Å². The molecule has 2 nitrogen and oxygen atoms in total. The molecule has 0 radical (unpaired) electrons. The molecule has 1 aromatic carbocycles. The minimum absolute atomic E-state index is 0.249. The summed E-state index contributed by atoms with van der Waals surface area (Å²) >= 11 is 1.67. The van der Waals surface area contributed by atoms with Crippen molar-refractivity contribution in [3.8, 4) is 0 Å². The molecular weight excluding hydrogens is 194 g/mol. The molecule has 1 fully saturated rings. The zero-order chi connectivity index (χ0) is 9.80. The van der Waals surface area contributed by atoms with E-state index >= 15 is 0 Å². The molecule has 1 aliphatic rings. The second-order valence-corrected chi connectivity index (χ2v) is 4.08. The van der Waals surface area contributed by atoms with Crippen LogP contribution < -0.4 is 5.32 Å². The smallest absolute Gasteiger partial charge is 0.171 e. The standard InChI is InChI=1S/C11H11NOS/c13-11-8-14-7-9(11)6-12-10-4-2-1-3-5-10/h1-6,12H,7-8H2. The fraction of sp³-hybridized carbons (Fsp3) is 0.182. The number of thioether (sulfide) groups is 1. The summed E-state index contributed by atoms with van der Waals surface area (Å²) in [6.07, 6.45) is 1.82. The average molecular weight is 205 g/mol. The summed E-state index contributed by atoms with van der Waals surface area (Å²) in [7, 11) is 0. The van der Waals surface area contributed by atoms with Gasteiger partial charge in [0.05, 0.1) is 5.75 Å². The van der Waals surface area contributed by atoms with E-state index in [9.17, 15) is 4.79 Å². The van der Waals surface area contributed by atoms with Crippen LogP contribution in [0.1, 0.15) is 0 Å². The number of rotatable bonds is 2. The first-order valence-electron chi connectivity index (χ1n) is 4.48. The van der Waals surface area contributed by atoms with Gasteiger partial charge in [0, 0.05) is 23.2 Å². The van der Waals surface area contributed by atoms with Crippen LogP contribution in [0, 0.1) is 0 Å². The summed E-state index contributed by atoms with van der Waals surface area (Å²) in [5.41, 5.74) is 1.91. The SMILES string of the molecule is O=C1CSCC1=CNc1ccccc1. The second kappa shape index (κ2) is 4.33. The van der Waals surface area contributed by atoms with Gasteiger partial charge in [-0.2, -0.15) is 0 Å². The van der Waals surface area contributed by atoms with Crippen molar-refractivity contribution in [1.29, 1.82) is 0 Å². The molecule has 0 spiro atoms. The third kappa shape index (κ3) is 2.17. The number of nitrogens with one attached hydrogen (secondary N) is 1. The van der Waals surface area contributed by atoms with E-state index in [1.807, 2.05) is 36.5 Å². The van der Waals surface area contributed by atoms with Gasteiger partial charge in [-0.15, -0.1) is 11.8 Å². The van der Waals surface area contributed by atoms with Gasteiger partial charge in [-0.3, -0.25) is 4.79 Å². The first kappa shape index (κ1) is 9.34. The maximum atomic E-state index is 11.3. The summed E-state index contributed by atoms with van der Waals surface area (Å²) in [5.74, 6) is 1.71. The van der Waals surface area contributed by atoms with Gasteiger partial charge in [0.15, 0.2) is 5.78 Å². The molecule has 0 unspecified atom stereocenters. The lowest BCUT2D eigenvalue weighted by atomic mass is 10.2. The molecule has 1 N–H and O–H groups in total. The first-order valence-corrected chi connectivity index (χ1v) is 5.63. The summed E-state index contributed by atoms with van der Waals surface area (Å²) in [5, 5.41) is 3.12. The monoisotopic (exact) mass is 205 g/mol. The number of carbonyl (C=O) groups is 1. The van der Waals surface area contributed by atoms with Gasteiger partial charge in [0.1, 0.15) is 0 Å². The van der Waals surface area contributed by atoms with Crippen molar-refractivity contribution < 1.29 is 4.79 Å². The minimum Gasteiger partial charge on any atom is -0.361 e. The van der Waals surface area contributed by atoms with Gasteiger partial charge in [-0.05, 0) is 12.1 Å². The molecule has 1 heterocycles. The van der Waals surface area contributed by atoms with Gasteiger partial charge in [-0.25, -0.2) is 0 Å². The highest BCUT2D eigenvalue weighted by Gasteiger charge is 2.16. The van der Waals surface area contributed by atoms with Crippen molar-refractivity contribution in [2.45, 2.75) is 0 Å². The number of hydrogen-bond acceptors (Lipinski definition) is 3. The van der Waals surface area contributed by atoms with Crippen molar-refractivity contribution in [2.75, 3.05) is 16.8 Å². The van der Waals surface area contributed by atoms with Crippen LogP contribution in [0.3, 0.4) is 0 Å². The van der Waals surface area contributed by atoms with Crippen LogP contribution in [0.25, 0.3) is 0 Å². The van der Waals surface area contributed by atoms with E-state index in [0.717, 1.165) is 17.0 Å². The van der Waals surface area contributed by atoms with Crippen molar-refractivity contribution in [2.24, 2.45) is 0 Å². The molecule has 1 aromatic rings. The van der Waals surface area contributed by atoms with E-state index < -0.39 is 0 Å². The zero-order valence-electron chi connectivity index (χ0n) is 7.69. The van der Waals surface area contributed by atoms with E-state index in [4.69, 9.17) is 0 Å². The number of anilines is 1. The fourth-order valence-corrected chi connectivity index (χ4v) is 2.19. The zero-order valence-corrected chi connectivity index (χ0v) is 8.51. The predicted molar refractivity (Wildman–Crippen MR) is 60.5 cm³/mol. The summed E-state index contributed by atoms with van der Waals surface area (Å²) in [6, 6.07) is 9.85. The third-order valence-corrected chi connectivity index (χ3v) is 3.02.